The quantitative estimate of drug-likeness (QED) is 0.228. The molecule has 196 valence electrons. The van der Waals surface area contributed by atoms with Crippen molar-refractivity contribution in [1.82, 2.24) is 9.97 Å². The number of fused-ring (bicyclic) bond motifs is 2. The molecule has 0 aliphatic heterocycles. The Morgan fingerprint density at radius 2 is 1.87 bits per heavy atom. The lowest BCUT2D eigenvalue weighted by molar-refractivity contribution is 0.181. The van der Waals surface area contributed by atoms with E-state index in [-0.39, 0.29) is 22.5 Å². The van der Waals surface area contributed by atoms with Crippen LogP contribution in [-0.4, -0.2) is 18.3 Å². The zero-order chi connectivity index (χ0) is 27.4. The van der Waals surface area contributed by atoms with Gasteiger partial charge < -0.3 is 9.74 Å². The summed E-state index contributed by atoms with van der Waals surface area (Å²) in [5, 5.41) is 14.3. The smallest absolute Gasteiger partial charge is 0.192 e. The highest BCUT2D eigenvalue weighted by molar-refractivity contribution is 9.10. The number of hydrogen-bond acceptors (Lipinski definition) is 6. The highest BCUT2D eigenvalue weighted by Crippen LogP contribution is 2.47. The van der Waals surface area contributed by atoms with Gasteiger partial charge in [0.15, 0.2) is 19.3 Å². The fourth-order valence-electron chi connectivity index (χ4n) is 4.43. The zero-order valence-electron chi connectivity index (χ0n) is 21.7. The van der Waals surface area contributed by atoms with Crippen LogP contribution in [0.3, 0.4) is 0 Å². The first-order valence-electron chi connectivity index (χ1n) is 12.3. The van der Waals surface area contributed by atoms with E-state index in [2.05, 4.69) is 66.2 Å². The van der Waals surface area contributed by atoms with Gasteiger partial charge in [-0.2, -0.15) is 5.26 Å². The van der Waals surface area contributed by atoms with Gasteiger partial charge >= 0.3 is 0 Å². The van der Waals surface area contributed by atoms with E-state index in [1.807, 2.05) is 6.07 Å². The molecular formula is C28H27BrF2N4OSSi. The fourth-order valence-corrected chi connectivity index (χ4v) is 6.94. The van der Waals surface area contributed by atoms with E-state index in [0.29, 0.717) is 31.1 Å². The van der Waals surface area contributed by atoms with Crippen molar-refractivity contribution in [3.63, 3.8) is 0 Å². The number of thiazole rings is 1. The molecule has 0 bridgehead atoms. The summed E-state index contributed by atoms with van der Waals surface area (Å²) in [7, 11) is -2.11. The molecule has 5 rings (SSSR count). The van der Waals surface area contributed by atoms with Gasteiger partial charge in [-0.05, 0) is 67.4 Å². The van der Waals surface area contributed by atoms with Crippen molar-refractivity contribution < 1.29 is 13.2 Å². The van der Waals surface area contributed by atoms with Crippen LogP contribution in [0.4, 0.5) is 19.6 Å². The number of aromatic nitrogens is 2. The summed E-state index contributed by atoms with van der Waals surface area (Å²) in [6.45, 7) is 11.0. The van der Waals surface area contributed by atoms with Gasteiger partial charge in [0.2, 0.25) is 0 Å². The number of nitrogens with one attached hydrogen (secondary N) is 1. The van der Waals surface area contributed by atoms with Gasteiger partial charge in [0.25, 0.3) is 0 Å². The molecule has 38 heavy (non-hydrogen) atoms. The molecule has 1 aliphatic carbocycles. The summed E-state index contributed by atoms with van der Waals surface area (Å²) in [6, 6.07) is 11.3. The van der Waals surface area contributed by atoms with Gasteiger partial charge in [-0.3, -0.25) is 0 Å². The number of nitriles is 1. The van der Waals surface area contributed by atoms with Gasteiger partial charge in [-0.1, -0.05) is 48.0 Å². The van der Waals surface area contributed by atoms with Crippen molar-refractivity contribution >= 4 is 57.3 Å². The Labute approximate surface area is 234 Å². The van der Waals surface area contributed by atoms with E-state index in [0.717, 1.165) is 29.8 Å². The third kappa shape index (κ3) is 4.88. The second-order valence-electron chi connectivity index (χ2n) is 11.0. The number of pyridine rings is 1. The largest absolute Gasteiger partial charge is 0.408 e. The first kappa shape index (κ1) is 26.9. The molecule has 10 heteroatoms. The molecule has 2 heterocycles. The second kappa shape index (κ2) is 9.79. The molecule has 0 spiro atoms. The third-order valence-corrected chi connectivity index (χ3v) is 13.2. The Bertz CT molecular complexity index is 1590. The predicted molar refractivity (Wildman–Crippen MR) is 154 cm³/mol. The molecule has 0 fully saturated rings. The Hall–Kier alpha value is -2.71. The van der Waals surface area contributed by atoms with Crippen molar-refractivity contribution in [2.24, 2.45) is 0 Å². The standard InChI is InChI=1S/C28H27BrF2N4OSSi/c1-28(2,3)38(4,5)36-21-11-10-18-24(19-12-16(29)13-20(31)25(19)33-26(18)21)35-27-34-23(22(14-32)37-27)15-6-8-17(30)9-7-15/h6-9,12-13,21H,10-11H2,1-5H3,(H,33,34,35). The predicted octanol–water partition coefficient (Wildman–Crippen LogP) is 9.02. The average Bonchev–Trinajstić information content (AvgIpc) is 3.43. The minimum absolute atomic E-state index is 0.0230. The molecule has 5 nitrogen and oxygen atoms in total. The van der Waals surface area contributed by atoms with Crippen LogP contribution in [0.5, 0.6) is 0 Å². The number of hydrogen-bond donors (Lipinski definition) is 1. The first-order valence-corrected chi connectivity index (χ1v) is 16.8. The minimum Gasteiger partial charge on any atom is -0.408 e. The zero-order valence-corrected chi connectivity index (χ0v) is 25.2. The van der Waals surface area contributed by atoms with Crippen LogP contribution in [0.2, 0.25) is 18.1 Å². The van der Waals surface area contributed by atoms with Gasteiger partial charge in [-0.25, -0.2) is 18.7 Å². The maximum absolute atomic E-state index is 15.2. The molecule has 1 N–H and O–H groups in total. The highest BCUT2D eigenvalue weighted by atomic mass is 79.9. The maximum Gasteiger partial charge on any atom is 0.192 e. The average molecular weight is 614 g/mol. The van der Waals surface area contributed by atoms with Crippen LogP contribution in [-0.2, 0) is 10.8 Å². The summed E-state index contributed by atoms with van der Waals surface area (Å²) in [4.78, 5) is 9.88. The Balaban J connectivity index is 1.63. The molecule has 1 atom stereocenters. The minimum atomic E-state index is -2.11. The first-order chi connectivity index (χ1) is 17.9. The van der Waals surface area contributed by atoms with Crippen LogP contribution >= 0.6 is 27.3 Å². The topological polar surface area (TPSA) is 70.8 Å². The van der Waals surface area contributed by atoms with Crippen LogP contribution in [0.15, 0.2) is 40.9 Å². The summed E-state index contributed by atoms with van der Waals surface area (Å²) >= 11 is 4.62. The van der Waals surface area contributed by atoms with Crippen molar-refractivity contribution in [2.45, 2.75) is 57.8 Å². The molecule has 0 radical (unpaired) electrons. The molecule has 2 aromatic heterocycles. The summed E-state index contributed by atoms with van der Waals surface area (Å²) in [5.74, 6) is -0.788. The molecule has 1 aliphatic rings. The molecule has 1 unspecified atom stereocenters. The van der Waals surface area contributed by atoms with Crippen molar-refractivity contribution in [3.05, 3.63) is 68.6 Å². The normalized spacial score (nSPS) is 15.5. The number of halogens is 3. The SMILES string of the molecule is CC(C)(C)[Si](C)(C)OC1CCc2c1nc1c(F)cc(Br)cc1c2Nc1nc(-c2ccc(F)cc2)c(C#N)s1. The monoisotopic (exact) mass is 612 g/mol. The van der Waals surface area contributed by atoms with E-state index in [4.69, 9.17) is 9.41 Å². The van der Waals surface area contributed by atoms with Crippen LogP contribution in [0, 0.1) is 23.0 Å². The number of anilines is 2. The molecular weight excluding hydrogens is 586 g/mol. The van der Waals surface area contributed by atoms with Crippen LogP contribution in [0.25, 0.3) is 22.2 Å². The van der Waals surface area contributed by atoms with Gasteiger partial charge in [0.1, 0.15) is 28.0 Å². The number of rotatable bonds is 5. The Kier molecular flexibility index (Phi) is 6.93. The Morgan fingerprint density at radius 1 is 1.16 bits per heavy atom. The van der Waals surface area contributed by atoms with Gasteiger partial charge in [-0.15, -0.1) is 0 Å². The van der Waals surface area contributed by atoms with Gasteiger partial charge in [0, 0.05) is 21.0 Å². The van der Waals surface area contributed by atoms with Crippen molar-refractivity contribution in [3.8, 4) is 17.3 Å². The maximum atomic E-state index is 15.2. The second-order valence-corrected chi connectivity index (χ2v) is 17.7. The van der Waals surface area contributed by atoms with E-state index in [1.165, 1.54) is 29.5 Å². The third-order valence-electron chi connectivity index (χ3n) is 7.42. The number of benzene rings is 2. The van der Waals surface area contributed by atoms with Crippen LogP contribution < -0.4 is 5.32 Å². The lowest BCUT2D eigenvalue weighted by atomic mass is 10.1. The van der Waals surface area contributed by atoms with E-state index < -0.39 is 14.1 Å². The highest BCUT2D eigenvalue weighted by Gasteiger charge is 2.42. The Morgan fingerprint density at radius 3 is 2.53 bits per heavy atom. The van der Waals surface area contributed by atoms with E-state index in [1.54, 1.807) is 12.1 Å². The molecule has 4 aromatic rings. The van der Waals surface area contributed by atoms with E-state index in [9.17, 15) is 9.65 Å². The number of nitrogens with zero attached hydrogens (tertiary/aromatic N) is 3. The van der Waals surface area contributed by atoms with Gasteiger partial charge in [0.05, 0.1) is 17.5 Å². The lowest BCUT2D eigenvalue weighted by Gasteiger charge is -2.38. The summed E-state index contributed by atoms with van der Waals surface area (Å²) in [6.07, 6.45) is 1.25. The summed E-state index contributed by atoms with van der Waals surface area (Å²) in [5.41, 5.74) is 3.82. The molecule has 0 amide bonds. The molecule has 0 saturated heterocycles. The van der Waals surface area contributed by atoms with Crippen molar-refractivity contribution in [2.75, 3.05) is 5.32 Å². The summed E-state index contributed by atoms with van der Waals surface area (Å²) < 4.78 is 36.0. The van der Waals surface area contributed by atoms with Crippen molar-refractivity contribution in [1.29, 1.82) is 5.26 Å². The molecule has 0 saturated carbocycles. The fraction of sp³-hybridized carbons (Fsp3) is 0.321. The molecule has 2 aromatic carbocycles. The lowest BCUT2D eigenvalue weighted by Crippen LogP contribution is -2.41. The van der Waals surface area contributed by atoms with E-state index >= 15 is 4.39 Å². The van der Waals surface area contributed by atoms with Crippen LogP contribution in [0.1, 0.15) is 49.4 Å².